The molecule has 0 N–H and O–H groups in total. The number of hydrogen-bond donors (Lipinski definition) is 0. The molecule has 1 saturated heterocycles. The van der Waals surface area contributed by atoms with Gasteiger partial charge in [-0.3, -0.25) is 0 Å². The van der Waals surface area contributed by atoms with Crippen LogP contribution in [0.25, 0.3) is 0 Å². The first kappa shape index (κ1) is 9.01. The molecule has 0 aliphatic carbocycles. The van der Waals surface area contributed by atoms with E-state index in [2.05, 4.69) is 0 Å². The van der Waals surface area contributed by atoms with E-state index >= 15 is 0 Å². The molecule has 0 aromatic carbocycles. The maximum atomic E-state index is 5.54. The zero-order chi connectivity index (χ0) is 7.94. The fourth-order valence-corrected chi connectivity index (χ4v) is 1.39. The maximum Gasteiger partial charge on any atom is 0.0597 e. The first-order valence-electron chi connectivity index (χ1n) is 4.63. The van der Waals surface area contributed by atoms with Crippen LogP contribution in [0.15, 0.2) is 0 Å². The van der Waals surface area contributed by atoms with Gasteiger partial charge < -0.3 is 9.47 Å². The minimum absolute atomic E-state index is 0.482. The van der Waals surface area contributed by atoms with Crippen molar-refractivity contribution in [1.82, 2.24) is 0 Å². The molecule has 1 aliphatic heterocycles. The standard InChI is InChI=1S/C9H18O2/c1-2-10-8-6-9-5-3-4-7-11-9/h9H,2-8H2,1H3. The van der Waals surface area contributed by atoms with E-state index in [1.807, 2.05) is 6.92 Å². The Kier molecular flexibility index (Phi) is 4.55. The van der Waals surface area contributed by atoms with Crippen molar-refractivity contribution < 1.29 is 9.47 Å². The first-order valence-corrected chi connectivity index (χ1v) is 4.63. The van der Waals surface area contributed by atoms with Crippen LogP contribution in [0.2, 0.25) is 0 Å². The largest absolute Gasteiger partial charge is 0.382 e. The van der Waals surface area contributed by atoms with E-state index in [9.17, 15) is 0 Å². The summed E-state index contributed by atoms with van der Waals surface area (Å²) >= 11 is 0. The monoisotopic (exact) mass is 158 g/mol. The highest BCUT2D eigenvalue weighted by Gasteiger charge is 2.12. The third kappa shape index (κ3) is 3.73. The van der Waals surface area contributed by atoms with Gasteiger partial charge in [0.15, 0.2) is 0 Å². The van der Waals surface area contributed by atoms with E-state index in [1.54, 1.807) is 0 Å². The van der Waals surface area contributed by atoms with Crippen LogP contribution in [0.3, 0.4) is 0 Å². The molecule has 1 heterocycles. The molecule has 0 spiro atoms. The molecule has 2 heteroatoms. The van der Waals surface area contributed by atoms with Crippen molar-refractivity contribution in [1.29, 1.82) is 0 Å². The van der Waals surface area contributed by atoms with Crippen molar-refractivity contribution in [3.63, 3.8) is 0 Å². The Balaban J connectivity index is 1.96. The van der Waals surface area contributed by atoms with E-state index < -0.39 is 0 Å². The molecule has 0 aromatic rings. The Morgan fingerprint density at radius 1 is 1.45 bits per heavy atom. The molecular formula is C9H18O2. The summed E-state index contributed by atoms with van der Waals surface area (Å²) in [5.74, 6) is 0. The van der Waals surface area contributed by atoms with Crippen LogP contribution in [0.4, 0.5) is 0 Å². The van der Waals surface area contributed by atoms with Gasteiger partial charge in [0.25, 0.3) is 0 Å². The molecule has 1 fully saturated rings. The van der Waals surface area contributed by atoms with Crippen molar-refractivity contribution >= 4 is 0 Å². The van der Waals surface area contributed by atoms with E-state index in [4.69, 9.17) is 9.47 Å². The van der Waals surface area contributed by atoms with Gasteiger partial charge in [-0.15, -0.1) is 0 Å². The number of ether oxygens (including phenoxy) is 2. The molecule has 0 bridgehead atoms. The molecule has 2 nitrogen and oxygen atoms in total. The molecule has 0 amide bonds. The van der Waals surface area contributed by atoms with Crippen LogP contribution in [-0.4, -0.2) is 25.9 Å². The van der Waals surface area contributed by atoms with Crippen molar-refractivity contribution in [3.05, 3.63) is 0 Å². The summed E-state index contributed by atoms with van der Waals surface area (Å²) in [4.78, 5) is 0. The summed E-state index contributed by atoms with van der Waals surface area (Å²) < 4.78 is 10.8. The summed E-state index contributed by atoms with van der Waals surface area (Å²) in [5, 5.41) is 0. The minimum Gasteiger partial charge on any atom is -0.382 e. The van der Waals surface area contributed by atoms with Gasteiger partial charge in [-0.2, -0.15) is 0 Å². The SMILES string of the molecule is CCOCCC1CCCCO1. The Bertz CT molecular complexity index is 87.6. The highest BCUT2D eigenvalue weighted by atomic mass is 16.5. The van der Waals surface area contributed by atoms with E-state index in [0.29, 0.717) is 6.10 Å². The quantitative estimate of drug-likeness (QED) is 0.582. The first-order chi connectivity index (χ1) is 5.43. The molecule has 1 aliphatic rings. The van der Waals surface area contributed by atoms with Crippen molar-refractivity contribution in [2.75, 3.05) is 19.8 Å². The van der Waals surface area contributed by atoms with Crippen LogP contribution in [0.1, 0.15) is 32.6 Å². The van der Waals surface area contributed by atoms with Gasteiger partial charge in [-0.05, 0) is 32.6 Å². The van der Waals surface area contributed by atoms with Crippen LogP contribution < -0.4 is 0 Å². The molecule has 66 valence electrons. The van der Waals surface area contributed by atoms with Gasteiger partial charge in [0.1, 0.15) is 0 Å². The molecule has 1 atom stereocenters. The topological polar surface area (TPSA) is 18.5 Å². The minimum atomic E-state index is 0.482. The lowest BCUT2D eigenvalue weighted by molar-refractivity contribution is -0.00627. The van der Waals surface area contributed by atoms with Gasteiger partial charge in [0.2, 0.25) is 0 Å². The number of rotatable bonds is 4. The van der Waals surface area contributed by atoms with Crippen LogP contribution >= 0.6 is 0 Å². The zero-order valence-electron chi connectivity index (χ0n) is 7.34. The van der Waals surface area contributed by atoms with E-state index in [0.717, 1.165) is 26.2 Å². The van der Waals surface area contributed by atoms with Crippen LogP contribution in [0.5, 0.6) is 0 Å². The molecule has 0 aromatic heterocycles. The van der Waals surface area contributed by atoms with Crippen LogP contribution in [-0.2, 0) is 9.47 Å². The van der Waals surface area contributed by atoms with Crippen molar-refractivity contribution in [2.45, 2.75) is 38.7 Å². The number of hydrogen-bond acceptors (Lipinski definition) is 2. The second-order valence-electron chi connectivity index (χ2n) is 2.97. The zero-order valence-corrected chi connectivity index (χ0v) is 7.34. The van der Waals surface area contributed by atoms with Gasteiger partial charge in [0.05, 0.1) is 6.10 Å². The molecular weight excluding hydrogens is 140 g/mol. The summed E-state index contributed by atoms with van der Waals surface area (Å²) in [6.45, 7) is 4.67. The molecule has 0 radical (unpaired) electrons. The third-order valence-corrected chi connectivity index (χ3v) is 2.06. The average molecular weight is 158 g/mol. The Morgan fingerprint density at radius 2 is 2.36 bits per heavy atom. The highest BCUT2D eigenvalue weighted by Crippen LogP contribution is 2.15. The average Bonchev–Trinajstić information content (AvgIpc) is 2.07. The van der Waals surface area contributed by atoms with Crippen molar-refractivity contribution in [3.8, 4) is 0 Å². The summed E-state index contributed by atoms with van der Waals surface area (Å²) in [6, 6.07) is 0. The molecule has 1 unspecified atom stereocenters. The Hall–Kier alpha value is -0.0800. The Labute approximate surface area is 68.9 Å². The van der Waals surface area contributed by atoms with Gasteiger partial charge in [0, 0.05) is 19.8 Å². The van der Waals surface area contributed by atoms with Gasteiger partial charge in [-0.1, -0.05) is 0 Å². The van der Waals surface area contributed by atoms with Crippen molar-refractivity contribution in [2.24, 2.45) is 0 Å². The Morgan fingerprint density at radius 3 is 3.00 bits per heavy atom. The van der Waals surface area contributed by atoms with Gasteiger partial charge >= 0.3 is 0 Å². The van der Waals surface area contributed by atoms with E-state index in [-0.39, 0.29) is 0 Å². The molecule has 0 saturated carbocycles. The fraction of sp³-hybridized carbons (Fsp3) is 1.00. The van der Waals surface area contributed by atoms with E-state index in [1.165, 1.54) is 19.3 Å². The maximum absolute atomic E-state index is 5.54. The second kappa shape index (κ2) is 5.56. The summed E-state index contributed by atoms with van der Waals surface area (Å²) in [5.41, 5.74) is 0. The summed E-state index contributed by atoms with van der Waals surface area (Å²) in [7, 11) is 0. The third-order valence-electron chi connectivity index (χ3n) is 2.06. The lowest BCUT2D eigenvalue weighted by atomic mass is 10.1. The predicted molar refractivity (Wildman–Crippen MR) is 44.7 cm³/mol. The predicted octanol–water partition coefficient (Wildman–Crippen LogP) is 1.98. The fourth-order valence-electron chi connectivity index (χ4n) is 1.39. The smallest absolute Gasteiger partial charge is 0.0597 e. The summed E-state index contributed by atoms with van der Waals surface area (Å²) in [6.07, 6.45) is 5.36. The normalized spacial score (nSPS) is 25.4. The van der Waals surface area contributed by atoms with Crippen LogP contribution in [0, 0.1) is 0 Å². The van der Waals surface area contributed by atoms with Gasteiger partial charge in [-0.25, -0.2) is 0 Å². The highest BCUT2D eigenvalue weighted by molar-refractivity contribution is 4.62. The lowest BCUT2D eigenvalue weighted by Crippen LogP contribution is -2.20. The second-order valence-corrected chi connectivity index (χ2v) is 2.97. The lowest BCUT2D eigenvalue weighted by Gasteiger charge is -2.22. The molecule has 1 rings (SSSR count). The molecule has 11 heavy (non-hydrogen) atoms.